The second kappa shape index (κ2) is 7.53. The zero-order valence-electron chi connectivity index (χ0n) is 14.2. The van der Waals surface area contributed by atoms with E-state index in [1.54, 1.807) is 42.8 Å². The van der Waals surface area contributed by atoms with Gasteiger partial charge in [-0.05, 0) is 50.2 Å². The number of carbonyl (C=O) groups is 1. The molecular weight excluding hydrogens is 359 g/mol. The molecule has 0 saturated carbocycles. The average molecular weight is 375 g/mol. The van der Waals surface area contributed by atoms with E-state index in [-0.39, 0.29) is 11.6 Å². The monoisotopic (exact) mass is 374 g/mol. The average Bonchev–Trinajstić information content (AvgIpc) is 3.00. The van der Waals surface area contributed by atoms with Crippen molar-refractivity contribution >= 4 is 23.2 Å². The van der Waals surface area contributed by atoms with E-state index in [1.165, 1.54) is 18.2 Å². The van der Waals surface area contributed by atoms with Crippen LogP contribution in [-0.2, 0) is 0 Å². The Hall–Kier alpha value is -2.93. The maximum atomic E-state index is 13.4. The maximum absolute atomic E-state index is 13.4. The second-order valence-electron chi connectivity index (χ2n) is 5.40. The third-order valence-electron chi connectivity index (χ3n) is 3.53. The van der Waals surface area contributed by atoms with Crippen LogP contribution in [0.2, 0.25) is 5.02 Å². The van der Waals surface area contributed by atoms with Gasteiger partial charge in [-0.1, -0.05) is 11.6 Å². The number of amides is 1. The van der Waals surface area contributed by atoms with Crippen molar-refractivity contribution in [2.45, 2.75) is 13.8 Å². The highest BCUT2D eigenvalue weighted by Crippen LogP contribution is 2.26. The molecule has 1 aromatic heterocycles. The minimum atomic E-state index is -0.520. The Morgan fingerprint density at radius 3 is 2.69 bits per heavy atom. The first-order chi connectivity index (χ1) is 12.5. The first kappa shape index (κ1) is 17.9. The second-order valence-corrected chi connectivity index (χ2v) is 5.83. The number of nitrogens with zero attached hydrogens (tertiary/aromatic N) is 3. The third kappa shape index (κ3) is 3.83. The van der Waals surface area contributed by atoms with Gasteiger partial charge in [0.1, 0.15) is 17.4 Å². The minimum Gasteiger partial charge on any atom is -0.492 e. The maximum Gasteiger partial charge on any atom is 0.295 e. The Balaban J connectivity index is 1.85. The Labute approximate surface area is 154 Å². The van der Waals surface area contributed by atoms with Crippen LogP contribution in [0, 0.1) is 12.7 Å². The van der Waals surface area contributed by atoms with Gasteiger partial charge in [0.05, 0.1) is 18.0 Å². The van der Waals surface area contributed by atoms with E-state index in [1.807, 2.05) is 0 Å². The van der Waals surface area contributed by atoms with Crippen molar-refractivity contribution in [3.8, 4) is 11.4 Å². The zero-order chi connectivity index (χ0) is 18.7. The number of ether oxygens (including phenoxy) is 1. The lowest BCUT2D eigenvalue weighted by Gasteiger charge is -2.10. The minimum absolute atomic E-state index is 0.00998. The van der Waals surface area contributed by atoms with Crippen LogP contribution in [0.15, 0.2) is 42.5 Å². The number of carbonyl (C=O) groups excluding carboxylic acids is 1. The van der Waals surface area contributed by atoms with Gasteiger partial charge in [0, 0.05) is 11.1 Å². The van der Waals surface area contributed by atoms with E-state index in [9.17, 15) is 9.18 Å². The topological polar surface area (TPSA) is 69.0 Å². The Morgan fingerprint density at radius 1 is 1.27 bits per heavy atom. The van der Waals surface area contributed by atoms with Crippen LogP contribution in [0.3, 0.4) is 0 Å². The summed E-state index contributed by atoms with van der Waals surface area (Å²) in [6, 6.07) is 10.9. The van der Waals surface area contributed by atoms with Crippen LogP contribution < -0.4 is 10.1 Å². The summed E-state index contributed by atoms with van der Waals surface area (Å²) in [5, 5.41) is 7.49. The molecule has 0 spiro atoms. The van der Waals surface area contributed by atoms with Gasteiger partial charge in [0.15, 0.2) is 0 Å². The predicted octanol–water partition coefficient (Wildman–Crippen LogP) is 4.02. The number of anilines is 1. The predicted molar refractivity (Wildman–Crippen MR) is 96.6 cm³/mol. The first-order valence-electron chi connectivity index (χ1n) is 7.91. The van der Waals surface area contributed by atoms with Gasteiger partial charge in [0.25, 0.3) is 5.91 Å². The number of rotatable bonds is 5. The molecule has 134 valence electrons. The summed E-state index contributed by atoms with van der Waals surface area (Å²) in [6.45, 7) is 3.85. The summed E-state index contributed by atoms with van der Waals surface area (Å²) in [5.41, 5.74) is 1.08. The highest BCUT2D eigenvalue weighted by atomic mass is 35.5. The standard InChI is InChI=1S/C18H16ClFN4O2/c1-3-26-16-10-13(20)6-9-15(16)22-18(25)17-21-11(2)24(23-17)14-7-4-12(19)5-8-14/h4-10H,3H2,1-2H3,(H,22,25). The normalized spacial score (nSPS) is 10.6. The molecule has 6 nitrogen and oxygen atoms in total. The fraction of sp³-hybridized carbons (Fsp3) is 0.167. The van der Waals surface area contributed by atoms with E-state index in [2.05, 4.69) is 15.4 Å². The van der Waals surface area contributed by atoms with Crippen molar-refractivity contribution < 1.29 is 13.9 Å². The molecule has 3 rings (SSSR count). The van der Waals surface area contributed by atoms with Crippen molar-refractivity contribution in [2.24, 2.45) is 0 Å². The number of hydrogen-bond acceptors (Lipinski definition) is 4. The molecule has 0 radical (unpaired) electrons. The highest BCUT2D eigenvalue weighted by molar-refractivity contribution is 6.30. The molecule has 0 unspecified atom stereocenters. The number of hydrogen-bond donors (Lipinski definition) is 1. The number of nitrogens with one attached hydrogen (secondary N) is 1. The molecule has 0 aliphatic heterocycles. The molecule has 8 heteroatoms. The van der Waals surface area contributed by atoms with Gasteiger partial charge >= 0.3 is 0 Å². The van der Waals surface area contributed by atoms with Crippen molar-refractivity contribution in [3.05, 3.63) is 65.0 Å². The van der Waals surface area contributed by atoms with Gasteiger partial charge in [-0.25, -0.2) is 14.1 Å². The SMILES string of the molecule is CCOc1cc(F)ccc1NC(=O)c1nc(C)n(-c2ccc(Cl)cc2)n1. The third-order valence-corrected chi connectivity index (χ3v) is 3.79. The molecule has 0 fully saturated rings. The molecule has 3 aromatic rings. The van der Waals surface area contributed by atoms with Crippen molar-refractivity contribution in [1.82, 2.24) is 14.8 Å². The number of aryl methyl sites for hydroxylation is 1. The van der Waals surface area contributed by atoms with E-state index in [4.69, 9.17) is 16.3 Å². The molecule has 26 heavy (non-hydrogen) atoms. The van der Waals surface area contributed by atoms with Crippen molar-refractivity contribution in [3.63, 3.8) is 0 Å². The zero-order valence-corrected chi connectivity index (χ0v) is 14.9. The van der Waals surface area contributed by atoms with Gasteiger partial charge in [-0.3, -0.25) is 4.79 Å². The molecule has 2 aromatic carbocycles. The number of benzene rings is 2. The summed E-state index contributed by atoms with van der Waals surface area (Å²) in [4.78, 5) is 16.7. The quantitative estimate of drug-likeness (QED) is 0.732. The van der Waals surface area contributed by atoms with Crippen LogP contribution >= 0.6 is 11.6 Å². The van der Waals surface area contributed by atoms with E-state index >= 15 is 0 Å². The molecular formula is C18H16ClFN4O2. The highest BCUT2D eigenvalue weighted by Gasteiger charge is 2.17. The molecule has 0 bridgehead atoms. The van der Waals surface area contributed by atoms with Gasteiger partial charge in [-0.2, -0.15) is 0 Å². The van der Waals surface area contributed by atoms with Crippen molar-refractivity contribution in [1.29, 1.82) is 0 Å². The van der Waals surface area contributed by atoms with Crippen LogP contribution in [0.25, 0.3) is 5.69 Å². The molecule has 0 atom stereocenters. The van der Waals surface area contributed by atoms with Crippen LogP contribution in [0.1, 0.15) is 23.4 Å². The molecule has 1 heterocycles. The number of halogens is 2. The Morgan fingerprint density at radius 2 is 2.00 bits per heavy atom. The molecule has 1 amide bonds. The lowest BCUT2D eigenvalue weighted by molar-refractivity contribution is 0.101. The summed E-state index contributed by atoms with van der Waals surface area (Å²) < 4.78 is 20.3. The lowest BCUT2D eigenvalue weighted by atomic mass is 10.2. The fourth-order valence-corrected chi connectivity index (χ4v) is 2.49. The first-order valence-corrected chi connectivity index (χ1v) is 8.29. The largest absolute Gasteiger partial charge is 0.492 e. The smallest absolute Gasteiger partial charge is 0.295 e. The van der Waals surface area contributed by atoms with Gasteiger partial charge in [-0.15, -0.1) is 5.10 Å². The molecule has 0 aliphatic rings. The van der Waals surface area contributed by atoms with E-state index in [0.717, 1.165) is 5.69 Å². The van der Waals surface area contributed by atoms with Gasteiger partial charge in [0.2, 0.25) is 5.82 Å². The van der Waals surface area contributed by atoms with Crippen LogP contribution in [-0.4, -0.2) is 27.3 Å². The Bertz CT molecular complexity index is 941. The van der Waals surface area contributed by atoms with Gasteiger partial charge < -0.3 is 10.1 Å². The molecule has 1 N–H and O–H groups in total. The fourth-order valence-electron chi connectivity index (χ4n) is 2.37. The van der Waals surface area contributed by atoms with Crippen LogP contribution in [0.5, 0.6) is 5.75 Å². The summed E-state index contributed by atoms with van der Waals surface area (Å²) in [5.74, 6) is -0.193. The summed E-state index contributed by atoms with van der Waals surface area (Å²) in [7, 11) is 0. The lowest BCUT2D eigenvalue weighted by Crippen LogP contribution is -2.15. The summed E-state index contributed by atoms with van der Waals surface area (Å²) >= 11 is 5.89. The van der Waals surface area contributed by atoms with Crippen LogP contribution in [0.4, 0.5) is 10.1 Å². The van der Waals surface area contributed by atoms with E-state index < -0.39 is 11.7 Å². The van der Waals surface area contributed by atoms with Crippen molar-refractivity contribution in [2.75, 3.05) is 11.9 Å². The Kier molecular flexibility index (Phi) is 5.18. The summed E-state index contributed by atoms with van der Waals surface area (Å²) in [6.07, 6.45) is 0. The molecule has 0 saturated heterocycles. The van der Waals surface area contributed by atoms with E-state index in [0.29, 0.717) is 23.1 Å². The molecule has 0 aliphatic carbocycles. The number of aromatic nitrogens is 3.